The number of nitro groups is 1. The quantitative estimate of drug-likeness (QED) is 0.504. The van der Waals surface area contributed by atoms with Crippen LogP contribution in [0.15, 0.2) is 12.1 Å². The van der Waals surface area contributed by atoms with Crippen molar-refractivity contribution in [2.45, 2.75) is 19.3 Å². The first-order chi connectivity index (χ1) is 11.8. The fraction of sp³-hybridized carbons (Fsp3) is 0.500. The zero-order chi connectivity index (χ0) is 18.2. The van der Waals surface area contributed by atoms with Gasteiger partial charge in [0, 0.05) is 38.2 Å². The van der Waals surface area contributed by atoms with Crippen molar-refractivity contribution in [3.05, 3.63) is 33.6 Å². The van der Waals surface area contributed by atoms with Crippen molar-refractivity contribution in [2.24, 2.45) is 5.41 Å². The molecule has 0 aliphatic carbocycles. The molecule has 0 aromatic heterocycles. The van der Waals surface area contributed by atoms with Crippen LogP contribution in [-0.4, -0.2) is 43.5 Å². The van der Waals surface area contributed by atoms with Gasteiger partial charge in [0.1, 0.15) is 17.1 Å². The van der Waals surface area contributed by atoms with Gasteiger partial charge in [0.25, 0.3) is 5.69 Å². The lowest BCUT2D eigenvalue weighted by Gasteiger charge is -2.39. The number of nitrogens with one attached hydrogen (secondary N) is 1. The van der Waals surface area contributed by atoms with Crippen molar-refractivity contribution in [3.8, 4) is 0 Å². The maximum Gasteiger partial charge on any atom is 0.341 e. The van der Waals surface area contributed by atoms with Crippen LogP contribution in [0.3, 0.4) is 0 Å². The molecule has 1 amide bonds. The SMILES string of the molecule is COC(=O)c1cc([N+](=O)[O-])c(N2CCC3(CC2)CNC(=O)C3)cc1F. The Labute approximate surface area is 143 Å². The molecule has 0 saturated carbocycles. The molecule has 1 aromatic rings. The second-order valence-corrected chi connectivity index (χ2v) is 6.51. The second kappa shape index (κ2) is 6.30. The van der Waals surface area contributed by atoms with Gasteiger partial charge >= 0.3 is 5.97 Å². The van der Waals surface area contributed by atoms with Crippen molar-refractivity contribution in [1.82, 2.24) is 5.32 Å². The number of halogens is 1. The van der Waals surface area contributed by atoms with E-state index in [2.05, 4.69) is 10.1 Å². The lowest BCUT2D eigenvalue weighted by molar-refractivity contribution is -0.384. The number of ether oxygens (including phenoxy) is 1. The van der Waals surface area contributed by atoms with Crippen molar-refractivity contribution in [2.75, 3.05) is 31.6 Å². The maximum atomic E-state index is 14.2. The molecule has 2 fully saturated rings. The van der Waals surface area contributed by atoms with E-state index in [4.69, 9.17) is 0 Å². The zero-order valence-electron chi connectivity index (χ0n) is 13.7. The monoisotopic (exact) mass is 351 g/mol. The number of carbonyl (C=O) groups excluding carboxylic acids is 2. The van der Waals surface area contributed by atoms with Crippen LogP contribution in [0, 0.1) is 21.3 Å². The van der Waals surface area contributed by atoms with Gasteiger partial charge in [0.05, 0.1) is 12.0 Å². The number of amides is 1. The van der Waals surface area contributed by atoms with E-state index in [0.29, 0.717) is 38.9 Å². The van der Waals surface area contributed by atoms with E-state index in [1.165, 1.54) is 0 Å². The fourth-order valence-corrected chi connectivity index (χ4v) is 3.54. The van der Waals surface area contributed by atoms with Crippen molar-refractivity contribution in [1.29, 1.82) is 0 Å². The Morgan fingerprint density at radius 1 is 1.40 bits per heavy atom. The Hall–Kier alpha value is -2.71. The first-order valence-corrected chi connectivity index (χ1v) is 7.93. The smallest absolute Gasteiger partial charge is 0.341 e. The molecule has 2 heterocycles. The molecular weight excluding hydrogens is 333 g/mol. The molecule has 2 aliphatic heterocycles. The minimum atomic E-state index is -0.958. The molecule has 8 nitrogen and oxygen atoms in total. The number of hydrogen-bond acceptors (Lipinski definition) is 6. The molecule has 1 aromatic carbocycles. The van der Waals surface area contributed by atoms with Crippen LogP contribution >= 0.6 is 0 Å². The molecule has 2 aliphatic rings. The minimum Gasteiger partial charge on any atom is -0.465 e. The molecule has 3 rings (SSSR count). The highest BCUT2D eigenvalue weighted by atomic mass is 19.1. The molecule has 0 bridgehead atoms. The lowest BCUT2D eigenvalue weighted by atomic mass is 9.77. The van der Waals surface area contributed by atoms with E-state index in [1.54, 1.807) is 4.90 Å². The Kier molecular flexibility index (Phi) is 4.32. The predicted molar refractivity (Wildman–Crippen MR) is 85.9 cm³/mol. The molecule has 25 heavy (non-hydrogen) atoms. The minimum absolute atomic E-state index is 0.0212. The van der Waals surface area contributed by atoms with Crippen LogP contribution in [0.25, 0.3) is 0 Å². The number of carbonyl (C=O) groups is 2. The summed E-state index contributed by atoms with van der Waals surface area (Å²) in [4.78, 5) is 35.5. The number of piperidine rings is 1. The summed E-state index contributed by atoms with van der Waals surface area (Å²) >= 11 is 0. The Morgan fingerprint density at radius 2 is 2.08 bits per heavy atom. The van der Waals surface area contributed by atoms with Gasteiger partial charge in [-0.25, -0.2) is 9.18 Å². The Balaban J connectivity index is 1.87. The summed E-state index contributed by atoms with van der Waals surface area (Å²) in [5.41, 5.74) is -0.773. The third-order valence-corrected chi connectivity index (χ3v) is 5.03. The summed E-state index contributed by atoms with van der Waals surface area (Å²) < 4.78 is 18.7. The Morgan fingerprint density at radius 3 is 2.60 bits per heavy atom. The van der Waals surface area contributed by atoms with E-state index in [1.807, 2.05) is 0 Å². The topological polar surface area (TPSA) is 102 Å². The number of benzene rings is 1. The van der Waals surface area contributed by atoms with Gasteiger partial charge in [0.15, 0.2) is 0 Å². The lowest BCUT2D eigenvalue weighted by Crippen LogP contribution is -2.41. The van der Waals surface area contributed by atoms with E-state index in [-0.39, 0.29) is 22.7 Å². The van der Waals surface area contributed by atoms with Crippen molar-refractivity contribution < 1.29 is 23.6 Å². The van der Waals surface area contributed by atoms with Gasteiger partial charge in [-0.15, -0.1) is 0 Å². The van der Waals surface area contributed by atoms with Crippen LogP contribution in [0.1, 0.15) is 29.6 Å². The van der Waals surface area contributed by atoms with Gasteiger partial charge in [0.2, 0.25) is 5.91 Å². The number of nitro benzene ring substituents is 1. The summed E-state index contributed by atoms with van der Waals surface area (Å²) in [5.74, 6) is -1.79. The molecule has 2 saturated heterocycles. The first kappa shape index (κ1) is 17.1. The highest BCUT2D eigenvalue weighted by Gasteiger charge is 2.41. The van der Waals surface area contributed by atoms with Crippen LogP contribution in [0.5, 0.6) is 0 Å². The van der Waals surface area contributed by atoms with Crippen LogP contribution in [0.2, 0.25) is 0 Å². The van der Waals surface area contributed by atoms with E-state index >= 15 is 0 Å². The molecule has 134 valence electrons. The normalized spacial score (nSPS) is 19.0. The summed E-state index contributed by atoms with van der Waals surface area (Å²) in [5, 5.41) is 14.2. The summed E-state index contributed by atoms with van der Waals surface area (Å²) in [6.45, 7) is 1.57. The van der Waals surface area contributed by atoms with Crippen LogP contribution < -0.4 is 10.2 Å². The van der Waals surface area contributed by atoms with Crippen molar-refractivity contribution in [3.63, 3.8) is 0 Å². The van der Waals surface area contributed by atoms with E-state index < -0.39 is 22.3 Å². The predicted octanol–water partition coefficient (Wildman–Crippen LogP) is 1.63. The number of esters is 1. The van der Waals surface area contributed by atoms with Gasteiger partial charge in [-0.3, -0.25) is 14.9 Å². The zero-order valence-corrected chi connectivity index (χ0v) is 13.7. The van der Waals surface area contributed by atoms with E-state index in [0.717, 1.165) is 19.2 Å². The average molecular weight is 351 g/mol. The van der Waals surface area contributed by atoms with Gasteiger partial charge in [-0.1, -0.05) is 0 Å². The highest BCUT2D eigenvalue weighted by Crippen LogP contribution is 2.41. The largest absolute Gasteiger partial charge is 0.465 e. The summed E-state index contributed by atoms with van der Waals surface area (Å²) in [6, 6.07) is 1.93. The molecular formula is C16H18FN3O5. The number of methoxy groups -OCH3 is 1. The molecule has 1 N–H and O–H groups in total. The van der Waals surface area contributed by atoms with Crippen LogP contribution in [0.4, 0.5) is 15.8 Å². The summed E-state index contributed by atoms with van der Waals surface area (Å²) in [7, 11) is 1.09. The highest BCUT2D eigenvalue weighted by molar-refractivity contribution is 5.91. The van der Waals surface area contributed by atoms with Crippen LogP contribution in [-0.2, 0) is 9.53 Å². The van der Waals surface area contributed by atoms with Crippen molar-refractivity contribution >= 4 is 23.3 Å². The number of anilines is 1. The molecule has 0 radical (unpaired) electrons. The maximum absolute atomic E-state index is 14.2. The number of nitrogens with zero attached hydrogens (tertiary/aromatic N) is 2. The Bertz CT molecular complexity index is 744. The molecule has 1 spiro atoms. The molecule has 0 atom stereocenters. The summed E-state index contributed by atoms with van der Waals surface area (Å²) in [6.07, 6.45) is 1.82. The number of hydrogen-bond donors (Lipinski definition) is 1. The van der Waals surface area contributed by atoms with Gasteiger partial charge in [-0.2, -0.15) is 0 Å². The van der Waals surface area contributed by atoms with E-state index in [9.17, 15) is 24.1 Å². The average Bonchev–Trinajstić information content (AvgIpc) is 2.94. The standard InChI is InChI=1S/C16H18FN3O5/c1-25-15(22)10-6-13(20(23)24)12(7-11(10)17)19-4-2-16(3-5-19)8-14(21)18-9-16/h6-7H,2-5,8-9H2,1H3,(H,18,21). The number of rotatable bonds is 3. The van der Waals surface area contributed by atoms with Gasteiger partial charge < -0.3 is 15.0 Å². The van der Waals surface area contributed by atoms with Gasteiger partial charge in [-0.05, 0) is 18.3 Å². The third kappa shape index (κ3) is 3.13. The first-order valence-electron chi connectivity index (χ1n) is 7.93. The third-order valence-electron chi connectivity index (χ3n) is 5.03. The second-order valence-electron chi connectivity index (χ2n) is 6.51. The fourth-order valence-electron chi connectivity index (χ4n) is 3.54. The molecule has 9 heteroatoms. The molecule has 0 unspecified atom stereocenters.